The van der Waals surface area contributed by atoms with Crippen LogP contribution in [0.2, 0.25) is 0 Å². The predicted octanol–water partition coefficient (Wildman–Crippen LogP) is 0.0365. The summed E-state index contributed by atoms with van der Waals surface area (Å²) < 4.78 is 30.2. The molecule has 0 bridgehead atoms. The van der Waals surface area contributed by atoms with Crippen LogP contribution in [0.1, 0.15) is 19.3 Å². The molecule has 2 atom stereocenters. The van der Waals surface area contributed by atoms with Crippen LogP contribution in [0.4, 0.5) is 0 Å². The number of likely N-dealkylation sites (tertiary alicyclic amines) is 1. The molecule has 2 heterocycles. The van der Waals surface area contributed by atoms with Crippen molar-refractivity contribution in [1.82, 2.24) is 9.62 Å². The Morgan fingerprint density at radius 1 is 1.41 bits per heavy atom. The first-order valence-electron chi connectivity index (χ1n) is 6.33. The highest BCUT2D eigenvalue weighted by molar-refractivity contribution is 7.88. The van der Waals surface area contributed by atoms with Crippen molar-refractivity contribution < 1.29 is 13.2 Å². The standard InChI is InChI=1S/C11H22N2O3S/c1-17(14,15)12-5-7-13-6-4-11-10(9-13)3-2-8-16-11/h10-12H,2-9H2,1H3/t10-,11+/m0/s1. The Bertz CT molecular complexity index is 345. The third-order valence-electron chi connectivity index (χ3n) is 3.59. The summed E-state index contributed by atoms with van der Waals surface area (Å²) in [6, 6.07) is 0. The summed E-state index contributed by atoms with van der Waals surface area (Å²) in [6.07, 6.45) is 5.15. The SMILES string of the molecule is CS(=O)(=O)NCCN1CC[C@H]2OCCC[C@H]2C1. The van der Waals surface area contributed by atoms with E-state index in [9.17, 15) is 8.42 Å². The highest BCUT2D eigenvalue weighted by atomic mass is 32.2. The summed E-state index contributed by atoms with van der Waals surface area (Å²) in [4.78, 5) is 2.34. The van der Waals surface area contributed by atoms with E-state index >= 15 is 0 Å². The van der Waals surface area contributed by atoms with Crippen molar-refractivity contribution in [2.24, 2.45) is 5.92 Å². The lowest BCUT2D eigenvalue weighted by Gasteiger charge is -2.41. The molecule has 2 fully saturated rings. The van der Waals surface area contributed by atoms with Crippen LogP contribution in [0.3, 0.4) is 0 Å². The zero-order valence-electron chi connectivity index (χ0n) is 10.4. The lowest BCUT2D eigenvalue weighted by molar-refractivity contribution is -0.0657. The molecule has 0 aromatic carbocycles. The second-order valence-electron chi connectivity index (χ2n) is 5.07. The average Bonchev–Trinajstić information content (AvgIpc) is 2.27. The van der Waals surface area contributed by atoms with Gasteiger partial charge in [0.05, 0.1) is 12.4 Å². The number of fused-ring (bicyclic) bond motifs is 1. The van der Waals surface area contributed by atoms with Crippen molar-refractivity contribution in [3.8, 4) is 0 Å². The van der Waals surface area contributed by atoms with Gasteiger partial charge in [0.15, 0.2) is 0 Å². The first-order valence-corrected chi connectivity index (χ1v) is 8.22. The van der Waals surface area contributed by atoms with Gasteiger partial charge in [-0.05, 0) is 25.2 Å². The van der Waals surface area contributed by atoms with Gasteiger partial charge in [-0.1, -0.05) is 0 Å². The van der Waals surface area contributed by atoms with Gasteiger partial charge in [0, 0.05) is 32.8 Å². The lowest BCUT2D eigenvalue weighted by Crippen LogP contribution is -2.48. The topological polar surface area (TPSA) is 58.6 Å². The number of sulfonamides is 1. The van der Waals surface area contributed by atoms with Crippen LogP contribution >= 0.6 is 0 Å². The number of nitrogens with one attached hydrogen (secondary N) is 1. The van der Waals surface area contributed by atoms with E-state index in [1.165, 1.54) is 12.7 Å². The van der Waals surface area contributed by atoms with Gasteiger partial charge >= 0.3 is 0 Å². The van der Waals surface area contributed by atoms with Gasteiger partial charge in [-0.25, -0.2) is 13.1 Å². The molecule has 0 unspecified atom stereocenters. The first-order chi connectivity index (χ1) is 8.04. The van der Waals surface area contributed by atoms with Gasteiger partial charge < -0.3 is 9.64 Å². The molecule has 0 radical (unpaired) electrons. The molecule has 6 heteroatoms. The molecule has 2 rings (SSSR count). The number of piperidine rings is 1. The minimum Gasteiger partial charge on any atom is -0.378 e. The van der Waals surface area contributed by atoms with E-state index in [4.69, 9.17) is 4.74 Å². The van der Waals surface area contributed by atoms with E-state index in [2.05, 4.69) is 9.62 Å². The minimum absolute atomic E-state index is 0.447. The monoisotopic (exact) mass is 262 g/mol. The van der Waals surface area contributed by atoms with Crippen LogP contribution in [0, 0.1) is 5.92 Å². The Balaban J connectivity index is 1.72. The van der Waals surface area contributed by atoms with E-state index in [1.807, 2.05) is 0 Å². The molecule has 17 heavy (non-hydrogen) atoms. The van der Waals surface area contributed by atoms with Crippen LogP contribution in [0.15, 0.2) is 0 Å². The Morgan fingerprint density at radius 2 is 2.24 bits per heavy atom. The molecule has 0 aromatic rings. The molecular formula is C11H22N2O3S. The van der Waals surface area contributed by atoms with E-state index in [0.717, 1.165) is 39.1 Å². The Hall–Kier alpha value is -0.170. The van der Waals surface area contributed by atoms with Crippen LogP contribution < -0.4 is 4.72 Å². The summed E-state index contributed by atoms with van der Waals surface area (Å²) in [6.45, 7) is 4.30. The van der Waals surface area contributed by atoms with Gasteiger partial charge in [-0.3, -0.25) is 0 Å². The van der Waals surface area contributed by atoms with E-state index in [1.54, 1.807) is 0 Å². The van der Waals surface area contributed by atoms with Crippen LogP contribution in [0.25, 0.3) is 0 Å². The van der Waals surface area contributed by atoms with Gasteiger partial charge in [0.2, 0.25) is 10.0 Å². The summed E-state index contributed by atoms with van der Waals surface area (Å²) in [7, 11) is -3.05. The molecule has 0 aromatic heterocycles. The van der Waals surface area contributed by atoms with Crippen molar-refractivity contribution in [2.75, 3.05) is 39.0 Å². The Morgan fingerprint density at radius 3 is 3.00 bits per heavy atom. The largest absolute Gasteiger partial charge is 0.378 e. The van der Waals surface area contributed by atoms with E-state index in [0.29, 0.717) is 18.6 Å². The molecule has 0 amide bonds. The van der Waals surface area contributed by atoms with Crippen molar-refractivity contribution in [3.63, 3.8) is 0 Å². The van der Waals surface area contributed by atoms with Gasteiger partial charge in [-0.15, -0.1) is 0 Å². The number of nitrogens with zero attached hydrogens (tertiary/aromatic N) is 1. The number of ether oxygens (including phenoxy) is 1. The fourth-order valence-corrected chi connectivity index (χ4v) is 3.22. The third-order valence-corrected chi connectivity index (χ3v) is 4.32. The van der Waals surface area contributed by atoms with Gasteiger partial charge in [0.25, 0.3) is 0 Å². The molecule has 0 saturated carbocycles. The van der Waals surface area contributed by atoms with Crippen molar-refractivity contribution in [1.29, 1.82) is 0 Å². The molecule has 0 spiro atoms. The highest BCUT2D eigenvalue weighted by Gasteiger charge is 2.31. The Labute approximate surface area is 104 Å². The van der Waals surface area contributed by atoms with Gasteiger partial charge in [-0.2, -0.15) is 0 Å². The second kappa shape index (κ2) is 5.65. The minimum atomic E-state index is -3.05. The van der Waals surface area contributed by atoms with Crippen molar-refractivity contribution >= 4 is 10.0 Å². The van der Waals surface area contributed by atoms with Crippen molar-refractivity contribution in [2.45, 2.75) is 25.4 Å². The zero-order valence-corrected chi connectivity index (χ0v) is 11.2. The van der Waals surface area contributed by atoms with Crippen molar-refractivity contribution in [3.05, 3.63) is 0 Å². The molecule has 5 nitrogen and oxygen atoms in total. The third kappa shape index (κ3) is 4.21. The lowest BCUT2D eigenvalue weighted by atomic mass is 9.88. The summed E-state index contributed by atoms with van der Waals surface area (Å²) >= 11 is 0. The fourth-order valence-electron chi connectivity index (χ4n) is 2.76. The first kappa shape index (κ1) is 13.3. The number of hydrogen-bond acceptors (Lipinski definition) is 4. The molecule has 2 aliphatic rings. The van der Waals surface area contributed by atoms with E-state index in [-0.39, 0.29) is 0 Å². The molecule has 1 N–H and O–H groups in total. The molecule has 2 saturated heterocycles. The van der Waals surface area contributed by atoms with Crippen LogP contribution in [0.5, 0.6) is 0 Å². The maximum atomic E-state index is 11.0. The molecule has 0 aliphatic carbocycles. The zero-order chi connectivity index (χ0) is 12.3. The fraction of sp³-hybridized carbons (Fsp3) is 1.00. The average molecular weight is 262 g/mol. The number of hydrogen-bond donors (Lipinski definition) is 1. The summed E-state index contributed by atoms with van der Waals surface area (Å²) in [5, 5.41) is 0. The normalized spacial score (nSPS) is 31.1. The van der Waals surface area contributed by atoms with Gasteiger partial charge in [0.1, 0.15) is 0 Å². The van der Waals surface area contributed by atoms with E-state index < -0.39 is 10.0 Å². The molecular weight excluding hydrogens is 240 g/mol. The smallest absolute Gasteiger partial charge is 0.208 e. The van der Waals surface area contributed by atoms with Crippen LogP contribution in [-0.2, 0) is 14.8 Å². The quantitative estimate of drug-likeness (QED) is 0.777. The maximum absolute atomic E-state index is 11.0. The Kier molecular flexibility index (Phi) is 4.41. The number of rotatable bonds is 4. The highest BCUT2D eigenvalue weighted by Crippen LogP contribution is 2.27. The summed E-state index contributed by atoms with van der Waals surface area (Å²) in [5.74, 6) is 0.649. The summed E-state index contributed by atoms with van der Waals surface area (Å²) in [5.41, 5.74) is 0. The predicted molar refractivity (Wildman–Crippen MR) is 66.4 cm³/mol. The molecule has 2 aliphatic heterocycles. The van der Waals surface area contributed by atoms with Crippen LogP contribution in [-0.4, -0.2) is 58.5 Å². The molecule has 100 valence electrons. The second-order valence-corrected chi connectivity index (χ2v) is 6.90. The maximum Gasteiger partial charge on any atom is 0.208 e.